The molecule has 12 heteroatoms. The Labute approximate surface area is 247 Å². The number of aromatic nitrogens is 4. The fourth-order valence-electron chi connectivity index (χ4n) is 3.46. The van der Waals surface area contributed by atoms with Crippen LogP contribution < -0.4 is 39.3 Å². The zero-order valence-corrected chi connectivity index (χ0v) is 22.7. The second-order valence-corrected chi connectivity index (χ2v) is 8.69. The number of amides is 2. The van der Waals surface area contributed by atoms with Gasteiger partial charge in [0.15, 0.2) is 0 Å². The molecule has 2 heterocycles. The van der Waals surface area contributed by atoms with Crippen molar-refractivity contribution in [1.82, 2.24) is 19.9 Å². The summed E-state index contributed by atoms with van der Waals surface area (Å²) in [7, 11) is 0. The third-order valence-corrected chi connectivity index (χ3v) is 5.51. The number of benzene rings is 3. The molecule has 0 fully saturated rings. The Morgan fingerprint density at radius 1 is 0.535 bits per heavy atom. The Balaban J connectivity index is 0.000000215. The summed E-state index contributed by atoms with van der Waals surface area (Å²) in [5.74, 6) is 12.6. The van der Waals surface area contributed by atoms with Crippen LogP contribution in [0.5, 0.6) is 0 Å². The van der Waals surface area contributed by atoms with Crippen molar-refractivity contribution >= 4 is 46.4 Å². The van der Waals surface area contributed by atoms with Crippen LogP contribution in [0.2, 0.25) is 0 Å². The Bertz CT molecular complexity index is 1830. The van der Waals surface area contributed by atoms with E-state index >= 15 is 0 Å². The highest BCUT2D eigenvalue weighted by Crippen LogP contribution is 2.15. The maximum Gasteiger partial charge on any atom is 0.323 e. The number of nitrogens with two attached hydrogens (primary N) is 5. The van der Waals surface area contributed by atoms with Gasteiger partial charge in [-0.25, -0.2) is 24.7 Å². The molecule has 3 aromatic carbocycles. The normalized spacial score (nSPS) is 9.58. The van der Waals surface area contributed by atoms with Gasteiger partial charge in [0.2, 0.25) is 0 Å². The third-order valence-electron chi connectivity index (χ3n) is 5.51. The third kappa shape index (κ3) is 8.60. The topological polar surface area (TPSA) is 223 Å². The zero-order valence-electron chi connectivity index (χ0n) is 22.7. The molecule has 0 aliphatic carbocycles. The molecule has 0 unspecified atom stereocenters. The van der Waals surface area contributed by atoms with E-state index in [1.54, 1.807) is 42.5 Å². The number of urea groups is 1. The summed E-state index contributed by atoms with van der Waals surface area (Å²) in [6.45, 7) is 0. The Morgan fingerprint density at radius 3 is 1.53 bits per heavy atom. The molecule has 0 aliphatic heterocycles. The molecule has 0 saturated carbocycles. The molecule has 0 atom stereocenters. The van der Waals surface area contributed by atoms with Gasteiger partial charge in [-0.2, -0.15) is 0 Å². The van der Waals surface area contributed by atoms with Crippen LogP contribution in [-0.2, 0) is 0 Å². The zero-order chi connectivity index (χ0) is 30.6. The molecule has 2 amide bonds. The van der Waals surface area contributed by atoms with Crippen molar-refractivity contribution in [2.75, 3.05) is 39.3 Å². The summed E-state index contributed by atoms with van der Waals surface area (Å²) in [5, 5.41) is 5.51. The number of hydrogen-bond donors (Lipinski definition) is 7. The van der Waals surface area contributed by atoms with Crippen molar-refractivity contribution in [3.63, 3.8) is 0 Å². The Hall–Kier alpha value is -6.79. The quantitative estimate of drug-likeness (QED) is 0.121. The first-order valence-corrected chi connectivity index (χ1v) is 12.6. The van der Waals surface area contributed by atoms with Crippen LogP contribution in [0.1, 0.15) is 22.3 Å². The highest BCUT2D eigenvalue weighted by molar-refractivity contribution is 5.99. The fraction of sp³-hybridized carbons (Fsp3) is 0. The van der Waals surface area contributed by atoms with Crippen molar-refractivity contribution in [2.24, 2.45) is 0 Å². The summed E-state index contributed by atoms with van der Waals surface area (Å²) in [6.07, 6.45) is 2.59. The Kier molecular flexibility index (Phi) is 9.52. The van der Waals surface area contributed by atoms with Crippen molar-refractivity contribution in [3.8, 4) is 23.7 Å². The van der Waals surface area contributed by atoms with Crippen LogP contribution in [0.3, 0.4) is 0 Å². The van der Waals surface area contributed by atoms with E-state index in [1.165, 1.54) is 12.7 Å². The number of nitrogens with zero attached hydrogens (tertiary/aromatic N) is 4. The number of nitrogens with one attached hydrogen (secondary N) is 2. The Morgan fingerprint density at radius 2 is 1.00 bits per heavy atom. The van der Waals surface area contributed by atoms with Crippen LogP contribution in [0, 0.1) is 23.7 Å². The molecule has 43 heavy (non-hydrogen) atoms. The molecular formula is C31H27N11O. The van der Waals surface area contributed by atoms with E-state index in [2.05, 4.69) is 54.3 Å². The highest BCUT2D eigenvalue weighted by Gasteiger charge is 2.05. The summed E-state index contributed by atoms with van der Waals surface area (Å²) < 4.78 is 0. The minimum atomic E-state index is -0.341. The first-order chi connectivity index (χ1) is 20.8. The van der Waals surface area contributed by atoms with Crippen LogP contribution in [0.4, 0.5) is 45.1 Å². The van der Waals surface area contributed by atoms with Crippen molar-refractivity contribution in [3.05, 3.63) is 114 Å². The maximum absolute atomic E-state index is 12.1. The van der Waals surface area contributed by atoms with Crippen molar-refractivity contribution < 1.29 is 4.79 Å². The van der Waals surface area contributed by atoms with E-state index < -0.39 is 0 Å². The first kappa shape index (κ1) is 29.2. The maximum atomic E-state index is 12.1. The van der Waals surface area contributed by atoms with Gasteiger partial charge in [-0.1, -0.05) is 54.0 Å². The SMILES string of the molecule is Nc1cccc(C#Cc2c(N)ncnc2N)c1.Nc1ncnc(N)c1C#Cc1cccc(NC(=O)Nc2ccccc2)c1. The number of carbonyl (C=O) groups is 1. The van der Waals surface area contributed by atoms with Gasteiger partial charge in [-0.05, 0) is 48.5 Å². The van der Waals surface area contributed by atoms with Gasteiger partial charge in [0.1, 0.15) is 47.1 Å². The lowest BCUT2D eigenvalue weighted by Gasteiger charge is -2.07. The minimum Gasteiger partial charge on any atom is -0.399 e. The van der Waals surface area contributed by atoms with Crippen LogP contribution in [-0.4, -0.2) is 26.0 Å². The van der Waals surface area contributed by atoms with Gasteiger partial charge in [-0.3, -0.25) is 0 Å². The van der Waals surface area contributed by atoms with Gasteiger partial charge in [0, 0.05) is 28.2 Å². The van der Waals surface area contributed by atoms with Crippen molar-refractivity contribution in [2.45, 2.75) is 0 Å². The summed E-state index contributed by atoms with van der Waals surface area (Å²) in [5.41, 5.74) is 32.7. The van der Waals surface area contributed by atoms with Crippen LogP contribution in [0.25, 0.3) is 0 Å². The standard InChI is InChI=1S/C19H16N6O.C12H11N5/c20-17-16(18(21)23-12-22-17)10-9-13-5-4-8-15(11-13)25-19(26)24-14-6-2-1-3-7-14;13-9-3-1-2-8(6-9)4-5-10-11(14)16-7-17-12(10)15/h1-8,11-12H,(H2,24,25,26)(H4,20,21,22,23);1-3,6-7H,13H2,(H4,14,15,16,17). The monoisotopic (exact) mass is 569 g/mol. The van der Waals surface area contributed by atoms with Gasteiger partial charge in [-0.15, -0.1) is 0 Å². The number of rotatable bonds is 2. The number of anilines is 7. The smallest absolute Gasteiger partial charge is 0.323 e. The van der Waals surface area contributed by atoms with Gasteiger partial charge in [0.05, 0.1) is 0 Å². The number of nitrogen functional groups attached to an aromatic ring is 5. The minimum absolute atomic E-state index is 0.224. The van der Waals surface area contributed by atoms with E-state index in [1.807, 2.05) is 36.4 Å². The van der Waals surface area contributed by atoms with E-state index in [9.17, 15) is 4.79 Å². The lowest BCUT2D eigenvalue weighted by molar-refractivity contribution is 0.262. The average molecular weight is 570 g/mol. The molecule has 0 spiro atoms. The van der Waals surface area contributed by atoms with Gasteiger partial charge in [0.25, 0.3) is 0 Å². The highest BCUT2D eigenvalue weighted by atomic mass is 16.2. The molecule has 5 rings (SSSR count). The molecule has 0 aliphatic rings. The summed E-state index contributed by atoms with van der Waals surface area (Å²) in [4.78, 5) is 27.4. The van der Waals surface area contributed by atoms with E-state index in [0.717, 1.165) is 5.56 Å². The van der Waals surface area contributed by atoms with E-state index in [-0.39, 0.29) is 29.3 Å². The van der Waals surface area contributed by atoms with Crippen LogP contribution in [0.15, 0.2) is 91.5 Å². The molecule has 0 radical (unpaired) electrons. The van der Waals surface area contributed by atoms with Crippen LogP contribution >= 0.6 is 0 Å². The second kappa shape index (κ2) is 14.0. The molecule has 0 bridgehead atoms. The molecule has 12 N–H and O–H groups in total. The van der Waals surface area contributed by atoms with Gasteiger partial charge >= 0.3 is 6.03 Å². The molecular weight excluding hydrogens is 542 g/mol. The lowest BCUT2D eigenvalue weighted by Crippen LogP contribution is -2.19. The average Bonchev–Trinajstić information content (AvgIpc) is 2.98. The van der Waals surface area contributed by atoms with Crippen molar-refractivity contribution in [1.29, 1.82) is 0 Å². The molecule has 0 saturated heterocycles. The summed E-state index contributed by atoms with van der Waals surface area (Å²) in [6, 6.07) is 23.2. The van der Waals surface area contributed by atoms with E-state index in [4.69, 9.17) is 28.7 Å². The molecule has 12 nitrogen and oxygen atoms in total. The fourth-order valence-corrected chi connectivity index (χ4v) is 3.46. The first-order valence-electron chi connectivity index (χ1n) is 12.6. The lowest BCUT2D eigenvalue weighted by atomic mass is 10.2. The summed E-state index contributed by atoms with van der Waals surface area (Å²) >= 11 is 0. The van der Waals surface area contributed by atoms with Gasteiger partial charge < -0.3 is 39.3 Å². The number of hydrogen-bond acceptors (Lipinski definition) is 10. The number of para-hydroxylation sites is 1. The molecule has 5 aromatic rings. The predicted molar refractivity (Wildman–Crippen MR) is 170 cm³/mol. The largest absolute Gasteiger partial charge is 0.399 e. The number of carbonyl (C=O) groups excluding carboxylic acids is 1. The second-order valence-electron chi connectivity index (χ2n) is 8.69. The molecule has 212 valence electrons. The molecule has 2 aromatic heterocycles. The predicted octanol–water partition coefficient (Wildman–Crippen LogP) is 3.31. The van der Waals surface area contributed by atoms with E-state index in [0.29, 0.717) is 33.8 Å².